The van der Waals surface area contributed by atoms with Gasteiger partial charge in [0, 0.05) is 11.8 Å². The molecule has 0 bridgehead atoms. The van der Waals surface area contributed by atoms with Crippen LogP contribution in [0.3, 0.4) is 0 Å². The number of hydrogen-bond donors (Lipinski definition) is 0. The molecular weight excluding hydrogens is 343 g/mol. The SMILES string of the molecule is CSc1nccc(-c2scnc2-c2cccc(C(F)(F)F)c2)n1. The molecule has 1 aromatic carbocycles. The molecule has 0 amide bonds. The second-order valence-electron chi connectivity index (χ2n) is 4.54. The second-order valence-corrected chi connectivity index (χ2v) is 6.17. The third-order valence-corrected chi connectivity index (χ3v) is 4.49. The molecule has 8 heteroatoms. The van der Waals surface area contributed by atoms with Crippen LogP contribution in [0.4, 0.5) is 13.2 Å². The van der Waals surface area contributed by atoms with E-state index >= 15 is 0 Å². The van der Waals surface area contributed by atoms with Gasteiger partial charge in [-0.15, -0.1) is 11.3 Å². The van der Waals surface area contributed by atoms with Crippen LogP contribution >= 0.6 is 23.1 Å². The van der Waals surface area contributed by atoms with Gasteiger partial charge in [-0.05, 0) is 24.5 Å². The van der Waals surface area contributed by atoms with Crippen LogP contribution in [-0.4, -0.2) is 21.2 Å². The molecule has 0 aliphatic heterocycles. The van der Waals surface area contributed by atoms with Crippen molar-refractivity contribution >= 4 is 23.1 Å². The molecular formula is C15H10F3N3S2. The first-order valence-electron chi connectivity index (χ1n) is 6.47. The zero-order valence-corrected chi connectivity index (χ0v) is 13.5. The Morgan fingerprint density at radius 1 is 1.13 bits per heavy atom. The van der Waals surface area contributed by atoms with Crippen LogP contribution in [0, 0.1) is 0 Å². The van der Waals surface area contributed by atoms with Crippen molar-refractivity contribution in [3.63, 3.8) is 0 Å². The van der Waals surface area contributed by atoms with Crippen LogP contribution in [-0.2, 0) is 6.18 Å². The van der Waals surface area contributed by atoms with Gasteiger partial charge in [0.15, 0.2) is 5.16 Å². The van der Waals surface area contributed by atoms with E-state index in [-0.39, 0.29) is 0 Å². The molecule has 3 nitrogen and oxygen atoms in total. The topological polar surface area (TPSA) is 38.7 Å². The van der Waals surface area contributed by atoms with Crippen molar-refractivity contribution in [3.05, 3.63) is 47.6 Å². The Morgan fingerprint density at radius 2 is 1.96 bits per heavy atom. The number of benzene rings is 1. The van der Waals surface area contributed by atoms with E-state index in [0.29, 0.717) is 22.1 Å². The highest BCUT2D eigenvalue weighted by Crippen LogP contribution is 2.37. The first-order valence-corrected chi connectivity index (χ1v) is 8.58. The summed E-state index contributed by atoms with van der Waals surface area (Å²) in [6.45, 7) is 0. The highest BCUT2D eigenvalue weighted by molar-refractivity contribution is 7.98. The van der Waals surface area contributed by atoms with Gasteiger partial charge in [-0.25, -0.2) is 15.0 Å². The summed E-state index contributed by atoms with van der Waals surface area (Å²) < 4.78 is 38.7. The average Bonchev–Trinajstić information content (AvgIpc) is 3.04. The summed E-state index contributed by atoms with van der Waals surface area (Å²) in [5.41, 5.74) is 2.47. The molecule has 118 valence electrons. The maximum Gasteiger partial charge on any atom is 0.416 e. The van der Waals surface area contributed by atoms with E-state index in [4.69, 9.17) is 0 Å². The Kier molecular flexibility index (Phi) is 4.36. The standard InChI is InChI=1S/C15H10F3N3S2/c1-22-14-19-6-5-11(21-14)13-12(20-8-23-13)9-3-2-4-10(7-9)15(16,17)18/h2-8H,1H3. The average molecular weight is 353 g/mol. The quantitative estimate of drug-likeness (QED) is 0.490. The molecule has 0 spiro atoms. The molecule has 0 atom stereocenters. The minimum atomic E-state index is -4.38. The molecule has 0 saturated carbocycles. The van der Waals surface area contributed by atoms with E-state index in [1.165, 1.54) is 29.2 Å². The zero-order chi connectivity index (χ0) is 16.4. The fourth-order valence-corrected chi connectivity index (χ4v) is 3.18. The molecule has 3 aromatic rings. The van der Waals surface area contributed by atoms with E-state index in [0.717, 1.165) is 17.0 Å². The normalized spacial score (nSPS) is 11.7. The molecule has 0 aliphatic rings. The molecule has 2 heterocycles. The Hall–Kier alpha value is -1.93. The summed E-state index contributed by atoms with van der Waals surface area (Å²) in [6.07, 6.45) is -0.892. The summed E-state index contributed by atoms with van der Waals surface area (Å²) in [5, 5.41) is 0.603. The summed E-state index contributed by atoms with van der Waals surface area (Å²) >= 11 is 2.74. The van der Waals surface area contributed by atoms with Crippen molar-refractivity contribution in [3.8, 4) is 21.8 Å². The molecule has 0 N–H and O–H groups in total. The molecule has 0 aliphatic carbocycles. The number of alkyl halides is 3. The van der Waals surface area contributed by atoms with Crippen molar-refractivity contribution in [2.75, 3.05) is 6.26 Å². The molecule has 0 unspecified atom stereocenters. The van der Waals surface area contributed by atoms with Gasteiger partial charge in [0.25, 0.3) is 0 Å². The van der Waals surface area contributed by atoms with Gasteiger partial charge in [-0.1, -0.05) is 23.9 Å². The fourth-order valence-electron chi connectivity index (χ4n) is 2.04. The maximum atomic E-state index is 12.9. The highest BCUT2D eigenvalue weighted by atomic mass is 32.2. The van der Waals surface area contributed by atoms with Crippen LogP contribution in [0.2, 0.25) is 0 Å². The Labute approximate surface area is 138 Å². The molecule has 0 fully saturated rings. The monoisotopic (exact) mass is 353 g/mol. The van der Waals surface area contributed by atoms with Crippen molar-refractivity contribution < 1.29 is 13.2 Å². The third kappa shape index (κ3) is 3.37. The summed E-state index contributed by atoms with van der Waals surface area (Å²) in [5.74, 6) is 0. The van der Waals surface area contributed by atoms with Gasteiger partial charge in [0.2, 0.25) is 0 Å². The predicted octanol–water partition coefficient (Wildman–Crippen LogP) is 5.01. The largest absolute Gasteiger partial charge is 0.416 e. The first kappa shape index (κ1) is 15.9. The van der Waals surface area contributed by atoms with Gasteiger partial charge in [0.1, 0.15) is 0 Å². The van der Waals surface area contributed by atoms with Crippen LogP contribution in [0.25, 0.3) is 21.8 Å². The van der Waals surface area contributed by atoms with Crippen LogP contribution < -0.4 is 0 Å². The van der Waals surface area contributed by atoms with Gasteiger partial charge < -0.3 is 0 Å². The summed E-state index contributed by atoms with van der Waals surface area (Å²) in [4.78, 5) is 13.4. The van der Waals surface area contributed by atoms with Crippen molar-refractivity contribution in [1.29, 1.82) is 0 Å². The lowest BCUT2D eigenvalue weighted by Gasteiger charge is -2.08. The number of thiazole rings is 1. The maximum absolute atomic E-state index is 12.9. The third-order valence-electron chi connectivity index (χ3n) is 3.08. The van der Waals surface area contributed by atoms with Crippen LogP contribution in [0.1, 0.15) is 5.56 Å². The highest BCUT2D eigenvalue weighted by Gasteiger charge is 2.30. The lowest BCUT2D eigenvalue weighted by atomic mass is 10.1. The molecule has 0 radical (unpaired) electrons. The summed E-state index contributed by atoms with van der Waals surface area (Å²) in [6, 6.07) is 6.88. The Balaban J connectivity index is 2.08. The van der Waals surface area contributed by atoms with Crippen LogP contribution in [0.5, 0.6) is 0 Å². The number of thioether (sulfide) groups is 1. The number of aromatic nitrogens is 3. The van der Waals surface area contributed by atoms with Crippen molar-refractivity contribution in [2.24, 2.45) is 0 Å². The Morgan fingerprint density at radius 3 is 2.70 bits per heavy atom. The fraction of sp³-hybridized carbons (Fsp3) is 0.133. The first-order chi connectivity index (χ1) is 11.0. The molecule has 0 saturated heterocycles. The minimum absolute atomic E-state index is 0.417. The van der Waals surface area contributed by atoms with Gasteiger partial charge in [-0.3, -0.25) is 0 Å². The smallest absolute Gasteiger partial charge is 0.244 e. The predicted molar refractivity (Wildman–Crippen MR) is 85.4 cm³/mol. The van der Waals surface area contributed by atoms with Crippen molar-refractivity contribution in [2.45, 2.75) is 11.3 Å². The van der Waals surface area contributed by atoms with Crippen LogP contribution in [0.15, 0.2) is 47.2 Å². The lowest BCUT2D eigenvalue weighted by molar-refractivity contribution is -0.137. The van der Waals surface area contributed by atoms with E-state index in [1.807, 2.05) is 6.26 Å². The van der Waals surface area contributed by atoms with Crippen molar-refractivity contribution in [1.82, 2.24) is 15.0 Å². The minimum Gasteiger partial charge on any atom is -0.244 e. The lowest BCUT2D eigenvalue weighted by Crippen LogP contribution is -2.04. The number of nitrogens with zero attached hydrogens (tertiary/aromatic N) is 3. The Bertz CT molecular complexity index is 831. The van der Waals surface area contributed by atoms with Gasteiger partial charge in [-0.2, -0.15) is 13.2 Å². The zero-order valence-electron chi connectivity index (χ0n) is 11.8. The summed E-state index contributed by atoms with van der Waals surface area (Å²) in [7, 11) is 0. The number of rotatable bonds is 3. The van der Waals surface area contributed by atoms with E-state index in [2.05, 4.69) is 15.0 Å². The van der Waals surface area contributed by atoms with E-state index in [1.54, 1.807) is 23.8 Å². The molecule has 23 heavy (non-hydrogen) atoms. The van der Waals surface area contributed by atoms with Gasteiger partial charge in [0.05, 0.1) is 27.3 Å². The molecule has 3 rings (SSSR count). The van der Waals surface area contributed by atoms with E-state index < -0.39 is 11.7 Å². The number of halogens is 3. The second kappa shape index (κ2) is 6.29. The number of hydrogen-bond acceptors (Lipinski definition) is 5. The molecule has 2 aromatic heterocycles. The van der Waals surface area contributed by atoms with E-state index in [9.17, 15) is 13.2 Å². The van der Waals surface area contributed by atoms with Gasteiger partial charge >= 0.3 is 6.18 Å².